The van der Waals surface area contributed by atoms with Gasteiger partial charge in [0.15, 0.2) is 5.17 Å². The van der Waals surface area contributed by atoms with Crippen LogP contribution in [-0.4, -0.2) is 23.0 Å². The number of hydrogen-bond donors (Lipinski definition) is 1. The lowest BCUT2D eigenvalue weighted by Crippen LogP contribution is -2.19. The lowest BCUT2D eigenvalue weighted by atomic mass is 9.90. The van der Waals surface area contributed by atoms with E-state index in [9.17, 15) is 4.79 Å². The molecule has 1 amide bonds. The van der Waals surface area contributed by atoms with Crippen LogP contribution in [0.2, 0.25) is 0 Å². The van der Waals surface area contributed by atoms with Crippen LogP contribution in [-0.2, 0) is 4.79 Å². The van der Waals surface area contributed by atoms with Gasteiger partial charge in [-0.25, -0.2) is 0 Å². The Balaban J connectivity index is 2.32. The number of hydrogen-bond acceptors (Lipinski definition) is 4. The van der Waals surface area contributed by atoms with E-state index < -0.39 is 0 Å². The van der Waals surface area contributed by atoms with E-state index in [1.165, 1.54) is 39.6 Å². The van der Waals surface area contributed by atoms with E-state index in [2.05, 4.69) is 50.1 Å². The van der Waals surface area contributed by atoms with Gasteiger partial charge in [-0.1, -0.05) is 11.8 Å². The van der Waals surface area contributed by atoms with E-state index in [-0.39, 0.29) is 5.91 Å². The van der Waals surface area contributed by atoms with Crippen LogP contribution in [0.5, 0.6) is 0 Å². The maximum Gasteiger partial charge on any atom is 0.236 e. The SMILES string of the molecule is Cc1c(C)c(C)c(C=NN=C2NC(=O)CS2)c(C)c1C. The largest absolute Gasteiger partial charge is 0.303 e. The van der Waals surface area contributed by atoms with E-state index in [0.29, 0.717) is 10.9 Å². The lowest BCUT2D eigenvalue weighted by Gasteiger charge is -2.15. The first-order chi connectivity index (χ1) is 9.41. The predicted molar refractivity (Wildman–Crippen MR) is 85.8 cm³/mol. The first kappa shape index (κ1) is 14.8. The zero-order chi connectivity index (χ0) is 14.9. The summed E-state index contributed by atoms with van der Waals surface area (Å²) in [5, 5.41) is 11.4. The van der Waals surface area contributed by atoms with Crippen molar-refractivity contribution < 1.29 is 4.79 Å². The summed E-state index contributed by atoms with van der Waals surface area (Å²) in [7, 11) is 0. The smallest absolute Gasteiger partial charge is 0.236 e. The average Bonchev–Trinajstić information content (AvgIpc) is 2.84. The maximum atomic E-state index is 11.1. The molecule has 0 radical (unpaired) electrons. The van der Waals surface area contributed by atoms with E-state index in [1.54, 1.807) is 6.21 Å². The monoisotopic (exact) mass is 289 g/mol. The van der Waals surface area contributed by atoms with Crippen LogP contribution in [0, 0.1) is 34.6 Å². The molecule has 20 heavy (non-hydrogen) atoms. The highest BCUT2D eigenvalue weighted by atomic mass is 32.2. The highest BCUT2D eigenvalue weighted by molar-refractivity contribution is 8.15. The molecule has 0 atom stereocenters. The highest BCUT2D eigenvalue weighted by Gasteiger charge is 2.16. The molecule has 1 heterocycles. The zero-order valence-corrected chi connectivity index (χ0v) is 13.3. The molecule has 0 saturated carbocycles. The summed E-state index contributed by atoms with van der Waals surface area (Å²) in [5.74, 6) is 0.410. The van der Waals surface area contributed by atoms with Crippen molar-refractivity contribution in [1.82, 2.24) is 5.32 Å². The Kier molecular flexibility index (Phi) is 4.28. The lowest BCUT2D eigenvalue weighted by molar-refractivity contribution is -0.116. The molecule has 1 aliphatic heterocycles. The van der Waals surface area contributed by atoms with Gasteiger partial charge >= 0.3 is 0 Å². The molecule has 1 aromatic rings. The average molecular weight is 289 g/mol. The molecule has 1 fully saturated rings. The summed E-state index contributed by atoms with van der Waals surface area (Å²) in [6.45, 7) is 10.6. The van der Waals surface area contributed by atoms with Crippen LogP contribution in [0.1, 0.15) is 33.4 Å². The van der Waals surface area contributed by atoms with Crippen molar-refractivity contribution in [3.05, 3.63) is 33.4 Å². The fraction of sp³-hybridized carbons (Fsp3) is 0.400. The van der Waals surface area contributed by atoms with E-state index in [4.69, 9.17) is 0 Å². The van der Waals surface area contributed by atoms with Gasteiger partial charge in [0, 0.05) is 5.56 Å². The second-order valence-electron chi connectivity index (χ2n) is 5.03. The molecule has 0 unspecified atom stereocenters. The molecular weight excluding hydrogens is 270 g/mol. The third-order valence-electron chi connectivity index (χ3n) is 3.98. The maximum absolute atomic E-state index is 11.1. The Morgan fingerprint density at radius 3 is 2.05 bits per heavy atom. The van der Waals surface area contributed by atoms with Crippen molar-refractivity contribution in [3.63, 3.8) is 0 Å². The van der Waals surface area contributed by atoms with Crippen molar-refractivity contribution in [2.45, 2.75) is 34.6 Å². The van der Waals surface area contributed by atoms with Gasteiger partial charge in [-0.3, -0.25) is 4.79 Å². The van der Waals surface area contributed by atoms with Gasteiger partial charge in [0.25, 0.3) is 0 Å². The normalized spacial score (nSPS) is 17.2. The standard InChI is InChI=1S/C15H19N3OS/c1-8-9(2)11(4)13(12(5)10(8)3)6-16-18-15-17-14(19)7-20-15/h6H,7H2,1-5H3,(H,17,18,19). The minimum absolute atomic E-state index is 0.0154. The molecule has 1 aliphatic rings. The van der Waals surface area contributed by atoms with Crippen molar-refractivity contribution in [1.29, 1.82) is 0 Å². The van der Waals surface area contributed by atoms with Gasteiger partial charge < -0.3 is 5.32 Å². The molecule has 1 aromatic carbocycles. The predicted octanol–water partition coefficient (Wildman–Crippen LogP) is 2.78. The second kappa shape index (κ2) is 5.79. The van der Waals surface area contributed by atoms with Crippen molar-refractivity contribution in [2.75, 3.05) is 5.75 Å². The fourth-order valence-electron chi connectivity index (χ4n) is 2.24. The summed E-state index contributed by atoms with van der Waals surface area (Å²) in [6.07, 6.45) is 1.78. The van der Waals surface area contributed by atoms with Crippen LogP contribution in [0.3, 0.4) is 0 Å². The molecule has 0 bridgehead atoms. The molecule has 5 heteroatoms. The van der Waals surface area contributed by atoms with Crippen molar-refractivity contribution >= 4 is 29.1 Å². The van der Waals surface area contributed by atoms with E-state index in [1.807, 2.05) is 0 Å². The number of amidine groups is 1. The highest BCUT2D eigenvalue weighted by Crippen LogP contribution is 2.24. The van der Waals surface area contributed by atoms with Gasteiger partial charge in [0.05, 0.1) is 12.0 Å². The molecule has 4 nitrogen and oxygen atoms in total. The number of nitrogens with zero attached hydrogens (tertiary/aromatic N) is 2. The summed E-state index contributed by atoms with van der Waals surface area (Å²) in [6, 6.07) is 0. The Morgan fingerprint density at radius 2 is 1.55 bits per heavy atom. The summed E-state index contributed by atoms with van der Waals surface area (Å²) >= 11 is 1.38. The number of nitrogens with one attached hydrogen (secondary N) is 1. The van der Waals surface area contributed by atoms with Crippen molar-refractivity contribution in [3.8, 4) is 0 Å². The summed E-state index contributed by atoms with van der Waals surface area (Å²) < 4.78 is 0. The summed E-state index contributed by atoms with van der Waals surface area (Å²) in [4.78, 5) is 11.1. The Hall–Kier alpha value is -1.62. The number of carbonyl (C=O) groups is 1. The topological polar surface area (TPSA) is 53.8 Å². The van der Waals surface area contributed by atoms with Gasteiger partial charge in [-0.2, -0.15) is 5.10 Å². The van der Waals surface area contributed by atoms with Crippen LogP contribution >= 0.6 is 11.8 Å². The number of carbonyl (C=O) groups excluding carboxylic acids is 1. The number of thioether (sulfide) groups is 1. The first-order valence-corrected chi connectivity index (χ1v) is 7.51. The number of benzene rings is 1. The molecule has 2 rings (SSSR count). The van der Waals surface area contributed by atoms with Crippen LogP contribution in [0.15, 0.2) is 10.2 Å². The first-order valence-electron chi connectivity index (χ1n) is 6.52. The van der Waals surface area contributed by atoms with E-state index in [0.717, 1.165) is 5.56 Å². The quantitative estimate of drug-likeness (QED) is 0.672. The van der Waals surface area contributed by atoms with Gasteiger partial charge in [-0.05, 0) is 62.4 Å². The minimum Gasteiger partial charge on any atom is -0.303 e. The number of amides is 1. The fourth-order valence-corrected chi connectivity index (χ4v) is 2.87. The van der Waals surface area contributed by atoms with Gasteiger partial charge in [0.1, 0.15) is 0 Å². The molecule has 0 aromatic heterocycles. The zero-order valence-electron chi connectivity index (χ0n) is 12.5. The van der Waals surface area contributed by atoms with E-state index >= 15 is 0 Å². The van der Waals surface area contributed by atoms with Crippen LogP contribution in [0.25, 0.3) is 0 Å². The molecule has 1 saturated heterocycles. The molecule has 1 N–H and O–H groups in total. The van der Waals surface area contributed by atoms with Crippen molar-refractivity contribution in [2.24, 2.45) is 10.2 Å². The Bertz CT molecular complexity index is 603. The molecule has 106 valence electrons. The number of rotatable bonds is 2. The Morgan fingerprint density at radius 1 is 1.00 bits per heavy atom. The third-order valence-corrected chi connectivity index (χ3v) is 4.84. The van der Waals surface area contributed by atoms with Crippen LogP contribution in [0.4, 0.5) is 0 Å². The second-order valence-corrected chi connectivity index (χ2v) is 5.99. The Labute approximate surface area is 123 Å². The molecule has 0 spiro atoms. The summed E-state index contributed by atoms with van der Waals surface area (Å²) in [5.41, 5.74) is 7.51. The van der Waals surface area contributed by atoms with Gasteiger partial charge in [0.2, 0.25) is 5.91 Å². The minimum atomic E-state index is -0.0154. The third kappa shape index (κ3) is 2.77. The molecular formula is C15H19N3OS. The van der Waals surface area contributed by atoms with Crippen LogP contribution < -0.4 is 5.32 Å². The van der Waals surface area contributed by atoms with Gasteiger partial charge in [-0.15, -0.1) is 5.10 Å². The molecule has 0 aliphatic carbocycles.